The molecule has 0 bridgehead atoms. The number of hydrogen-bond donors (Lipinski definition) is 2. The van der Waals surface area contributed by atoms with E-state index in [1.165, 1.54) is 5.69 Å². The smallest absolute Gasteiger partial charge is 0.225 e. The summed E-state index contributed by atoms with van der Waals surface area (Å²) in [6, 6.07) is 12.8. The Balaban J connectivity index is 1.54. The Morgan fingerprint density at radius 1 is 1.08 bits per heavy atom. The maximum absolute atomic E-state index is 12.6. The van der Waals surface area contributed by atoms with E-state index in [9.17, 15) is 4.79 Å². The van der Waals surface area contributed by atoms with Gasteiger partial charge in [-0.15, -0.1) is 0 Å². The van der Waals surface area contributed by atoms with Crippen molar-refractivity contribution < 1.29 is 4.79 Å². The molecular weight excluding hydrogens is 314 g/mol. The van der Waals surface area contributed by atoms with Crippen molar-refractivity contribution in [3.8, 4) is 0 Å². The summed E-state index contributed by atoms with van der Waals surface area (Å²) in [5.74, 6) is 0.265. The van der Waals surface area contributed by atoms with Crippen molar-refractivity contribution in [2.24, 2.45) is 5.92 Å². The number of aromatic nitrogens is 2. The van der Waals surface area contributed by atoms with E-state index in [4.69, 9.17) is 0 Å². The number of aromatic amines is 1. The molecule has 2 saturated heterocycles. The highest BCUT2D eigenvalue weighted by atomic mass is 16.2. The first kappa shape index (κ1) is 16.1. The molecule has 0 radical (unpaired) electrons. The van der Waals surface area contributed by atoms with E-state index in [1.807, 2.05) is 12.1 Å². The van der Waals surface area contributed by atoms with Gasteiger partial charge in [0.05, 0.1) is 5.92 Å². The van der Waals surface area contributed by atoms with Crippen LogP contribution in [0.1, 0.15) is 18.5 Å². The summed E-state index contributed by atoms with van der Waals surface area (Å²) >= 11 is 0. The minimum atomic E-state index is 0.0504. The van der Waals surface area contributed by atoms with Crippen LogP contribution in [0, 0.1) is 5.92 Å². The third-order valence-corrected chi connectivity index (χ3v) is 5.39. The molecule has 1 aromatic heterocycles. The van der Waals surface area contributed by atoms with E-state index in [-0.39, 0.29) is 17.9 Å². The zero-order valence-corrected chi connectivity index (χ0v) is 14.4. The fourth-order valence-corrected chi connectivity index (χ4v) is 4.13. The van der Waals surface area contributed by atoms with Crippen LogP contribution in [0.5, 0.6) is 0 Å². The molecule has 1 aromatic carbocycles. The summed E-state index contributed by atoms with van der Waals surface area (Å²) in [5, 5.41) is 10.2. The summed E-state index contributed by atoms with van der Waals surface area (Å²) in [7, 11) is 0. The summed E-state index contributed by atoms with van der Waals surface area (Å²) in [5.41, 5.74) is 2.35. The second-order valence-corrected chi connectivity index (χ2v) is 6.93. The molecule has 3 heterocycles. The van der Waals surface area contributed by atoms with Crippen molar-refractivity contribution >= 4 is 11.6 Å². The van der Waals surface area contributed by atoms with E-state index in [2.05, 4.69) is 49.6 Å². The van der Waals surface area contributed by atoms with Crippen LogP contribution in [0.15, 0.2) is 42.6 Å². The lowest BCUT2D eigenvalue weighted by Crippen LogP contribution is -2.42. The van der Waals surface area contributed by atoms with Gasteiger partial charge < -0.3 is 10.2 Å². The summed E-state index contributed by atoms with van der Waals surface area (Å²) in [6.07, 6.45) is 3.69. The molecule has 6 heteroatoms. The van der Waals surface area contributed by atoms with Gasteiger partial charge in [-0.25, -0.2) is 0 Å². The average molecular weight is 339 g/mol. The minimum Gasteiger partial charge on any atom is -0.366 e. The van der Waals surface area contributed by atoms with Crippen molar-refractivity contribution in [2.75, 3.05) is 31.1 Å². The zero-order chi connectivity index (χ0) is 17.1. The summed E-state index contributed by atoms with van der Waals surface area (Å²) in [4.78, 5) is 17.5. The van der Waals surface area contributed by atoms with E-state index in [0.29, 0.717) is 0 Å². The van der Waals surface area contributed by atoms with E-state index < -0.39 is 0 Å². The maximum Gasteiger partial charge on any atom is 0.225 e. The molecule has 25 heavy (non-hydrogen) atoms. The standard InChI is InChI=1S/C19H25N5O/c25-19-17-7-11-23(14-15-6-9-21-22-15)12-8-18(17)24(13-10-20-19)16-4-2-1-3-5-16/h1-6,9,17-18H,7-8,10-14H2,(H,20,25)(H,21,22)/t17-,18+/m1/s1. The first-order chi connectivity index (χ1) is 12.3. The Morgan fingerprint density at radius 3 is 2.72 bits per heavy atom. The zero-order valence-electron chi connectivity index (χ0n) is 14.4. The predicted octanol–water partition coefficient (Wildman–Crippen LogP) is 1.63. The molecule has 1 amide bonds. The number of fused-ring (bicyclic) bond motifs is 1. The first-order valence-corrected chi connectivity index (χ1v) is 9.11. The SMILES string of the molecule is O=C1NCCN(c2ccccc2)[C@H]2CCN(Cc3ccn[nH]3)CC[C@@H]12. The fraction of sp³-hybridized carbons (Fsp3) is 0.474. The molecular formula is C19H25N5O. The van der Waals surface area contributed by atoms with Gasteiger partial charge in [-0.05, 0) is 37.6 Å². The number of amides is 1. The summed E-state index contributed by atoms with van der Waals surface area (Å²) < 4.78 is 0. The number of likely N-dealkylation sites (tertiary alicyclic amines) is 1. The molecule has 2 aliphatic heterocycles. The number of para-hydroxylation sites is 1. The Labute approximate surface area is 148 Å². The minimum absolute atomic E-state index is 0.0504. The predicted molar refractivity (Wildman–Crippen MR) is 97.2 cm³/mol. The Morgan fingerprint density at radius 2 is 1.92 bits per heavy atom. The number of rotatable bonds is 3. The third kappa shape index (κ3) is 3.54. The number of carbonyl (C=O) groups is 1. The molecule has 2 fully saturated rings. The number of H-pyrrole nitrogens is 1. The Bertz CT molecular complexity index is 687. The number of anilines is 1. The molecule has 0 unspecified atom stereocenters. The topological polar surface area (TPSA) is 64.3 Å². The van der Waals surface area contributed by atoms with Crippen LogP contribution in [0.25, 0.3) is 0 Å². The molecule has 0 spiro atoms. The average Bonchev–Trinajstić information content (AvgIpc) is 2.99. The van der Waals surface area contributed by atoms with Crippen LogP contribution in [-0.2, 0) is 11.3 Å². The number of nitrogens with zero attached hydrogens (tertiary/aromatic N) is 3. The fourth-order valence-electron chi connectivity index (χ4n) is 4.13. The lowest BCUT2D eigenvalue weighted by molar-refractivity contribution is -0.125. The van der Waals surface area contributed by atoms with E-state index in [0.717, 1.165) is 51.3 Å². The monoisotopic (exact) mass is 339 g/mol. The Hall–Kier alpha value is -2.34. The van der Waals surface area contributed by atoms with Crippen LogP contribution in [0.2, 0.25) is 0 Å². The molecule has 4 rings (SSSR count). The molecule has 2 N–H and O–H groups in total. The number of hydrogen-bond acceptors (Lipinski definition) is 4. The van der Waals surface area contributed by atoms with E-state index >= 15 is 0 Å². The molecule has 0 aliphatic carbocycles. The Kier molecular flexibility index (Phi) is 4.70. The van der Waals surface area contributed by atoms with Crippen molar-refractivity contribution in [1.82, 2.24) is 20.4 Å². The normalized spacial score (nSPS) is 25.0. The molecule has 2 aromatic rings. The van der Waals surface area contributed by atoms with Gasteiger partial charge in [-0.3, -0.25) is 14.8 Å². The second kappa shape index (κ2) is 7.27. The largest absolute Gasteiger partial charge is 0.366 e. The van der Waals surface area contributed by atoms with Crippen molar-refractivity contribution in [3.05, 3.63) is 48.3 Å². The molecule has 6 nitrogen and oxygen atoms in total. The van der Waals surface area contributed by atoms with Gasteiger partial charge in [0.2, 0.25) is 5.91 Å². The van der Waals surface area contributed by atoms with E-state index in [1.54, 1.807) is 6.20 Å². The van der Waals surface area contributed by atoms with Gasteiger partial charge in [0.1, 0.15) is 0 Å². The van der Waals surface area contributed by atoms with Gasteiger partial charge in [-0.1, -0.05) is 18.2 Å². The van der Waals surface area contributed by atoms with Gasteiger partial charge in [0, 0.05) is 49.8 Å². The van der Waals surface area contributed by atoms with Crippen LogP contribution in [-0.4, -0.2) is 53.2 Å². The van der Waals surface area contributed by atoms with Gasteiger partial charge in [0.25, 0.3) is 0 Å². The van der Waals surface area contributed by atoms with Gasteiger partial charge >= 0.3 is 0 Å². The van der Waals surface area contributed by atoms with Crippen LogP contribution in [0.3, 0.4) is 0 Å². The lowest BCUT2D eigenvalue weighted by Gasteiger charge is -2.34. The van der Waals surface area contributed by atoms with Crippen LogP contribution < -0.4 is 10.2 Å². The highest BCUT2D eigenvalue weighted by Gasteiger charge is 2.37. The first-order valence-electron chi connectivity index (χ1n) is 9.11. The molecule has 2 atom stereocenters. The van der Waals surface area contributed by atoms with Crippen molar-refractivity contribution in [2.45, 2.75) is 25.4 Å². The third-order valence-electron chi connectivity index (χ3n) is 5.39. The lowest BCUT2D eigenvalue weighted by atomic mass is 9.92. The van der Waals surface area contributed by atoms with Crippen LogP contribution >= 0.6 is 0 Å². The number of carbonyl (C=O) groups excluding carboxylic acids is 1. The molecule has 2 aliphatic rings. The number of benzene rings is 1. The highest BCUT2D eigenvalue weighted by Crippen LogP contribution is 2.29. The number of nitrogens with one attached hydrogen (secondary N) is 2. The van der Waals surface area contributed by atoms with Crippen molar-refractivity contribution in [1.29, 1.82) is 0 Å². The maximum atomic E-state index is 12.6. The quantitative estimate of drug-likeness (QED) is 0.892. The van der Waals surface area contributed by atoms with Gasteiger partial charge in [-0.2, -0.15) is 5.10 Å². The van der Waals surface area contributed by atoms with Crippen LogP contribution in [0.4, 0.5) is 5.69 Å². The van der Waals surface area contributed by atoms with Gasteiger partial charge in [0.15, 0.2) is 0 Å². The summed E-state index contributed by atoms with van der Waals surface area (Å²) in [6.45, 7) is 4.40. The highest BCUT2D eigenvalue weighted by molar-refractivity contribution is 5.80. The van der Waals surface area contributed by atoms with Crippen molar-refractivity contribution in [3.63, 3.8) is 0 Å². The molecule has 0 saturated carbocycles. The molecule has 132 valence electrons. The second-order valence-electron chi connectivity index (χ2n) is 6.93.